The number of hydrogen-bond donors (Lipinski definition) is 0. The van der Waals surface area contributed by atoms with Crippen molar-refractivity contribution in [3.8, 4) is 0 Å². The van der Waals surface area contributed by atoms with Crippen LogP contribution in [0.25, 0.3) is 0 Å². The van der Waals surface area contributed by atoms with Crippen molar-refractivity contribution in [2.45, 2.75) is 25.3 Å². The van der Waals surface area contributed by atoms with Crippen LogP contribution in [0.15, 0.2) is 22.7 Å². The zero-order valence-corrected chi connectivity index (χ0v) is 17.0. The number of piperidine rings is 1. The van der Waals surface area contributed by atoms with E-state index in [9.17, 15) is 14.4 Å². The molecule has 1 aromatic rings. The number of fused-ring (bicyclic) bond motifs is 1. The van der Waals surface area contributed by atoms with E-state index in [2.05, 4.69) is 15.9 Å². The van der Waals surface area contributed by atoms with E-state index in [1.165, 1.54) is 19.1 Å². The fourth-order valence-electron chi connectivity index (χ4n) is 3.84. The van der Waals surface area contributed by atoms with Crippen LogP contribution in [0.2, 0.25) is 0 Å². The number of methoxy groups -OCH3 is 2. The van der Waals surface area contributed by atoms with Gasteiger partial charge in [-0.1, -0.05) is 22.0 Å². The van der Waals surface area contributed by atoms with Gasteiger partial charge in [-0.15, -0.1) is 0 Å². The van der Waals surface area contributed by atoms with Gasteiger partial charge in [-0.2, -0.15) is 0 Å². The molecule has 8 heteroatoms. The van der Waals surface area contributed by atoms with Crippen molar-refractivity contribution < 1.29 is 23.9 Å². The smallest absolute Gasteiger partial charge is 0.410 e. The molecule has 1 fully saturated rings. The fraction of sp³-hybridized carbons (Fsp3) is 0.526. The minimum absolute atomic E-state index is 0.136. The Morgan fingerprint density at radius 3 is 2.41 bits per heavy atom. The summed E-state index contributed by atoms with van der Waals surface area (Å²) in [6.45, 7) is 1.36. The minimum Gasteiger partial charge on any atom is -0.469 e. The van der Waals surface area contributed by atoms with Crippen molar-refractivity contribution in [3.05, 3.63) is 33.8 Å². The highest BCUT2D eigenvalue weighted by atomic mass is 79.9. The highest BCUT2D eigenvalue weighted by Crippen LogP contribution is 2.34. The molecule has 0 aliphatic carbocycles. The molecule has 0 saturated carbocycles. The summed E-state index contributed by atoms with van der Waals surface area (Å²) in [7, 11) is 2.70. The molecule has 1 atom stereocenters. The molecule has 7 nitrogen and oxygen atoms in total. The van der Waals surface area contributed by atoms with Gasteiger partial charge in [0.2, 0.25) is 5.91 Å². The highest BCUT2D eigenvalue weighted by molar-refractivity contribution is 9.10. The van der Waals surface area contributed by atoms with Crippen LogP contribution in [-0.4, -0.2) is 61.6 Å². The molecule has 2 heterocycles. The summed E-state index contributed by atoms with van der Waals surface area (Å²) in [5, 5.41) is 0. The zero-order valence-electron chi connectivity index (χ0n) is 15.4. The van der Waals surface area contributed by atoms with Gasteiger partial charge >= 0.3 is 12.1 Å². The standard InChI is InChI=1S/C19H23BrN2O5/c1-26-18(24)13-5-8-21(9-6-13)17(23)16-15-11-14(20)4-3-12(15)7-10-22(16)19(25)27-2/h3-4,11,13,16H,5-10H2,1-2H3. The first kappa shape index (κ1) is 19.7. The predicted molar refractivity (Wildman–Crippen MR) is 101 cm³/mol. The van der Waals surface area contributed by atoms with Gasteiger partial charge in [-0.25, -0.2) is 4.79 Å². The molecular formula is C19H23BrN2O5. The highest BCUT2D eigenvalue weighted by Gasteiger charge is 2.40. The van der Waals surface area contributed by atoms with Crippen molar-refractivity contribution in [1.82, 2.24) is 9.80 Å². The van der Waals surface area contributed by atoms with Crippen molar-refractivity contribution in [2.24, 2.45) is 5.92 Å². The lowest BCUT2D eigenvalue weighted by molar-refractivity contribution is -0.149. The number of rotatable bonds is 2. The molecule has 0 aromatic heterocycles. The summed E-state index contributed by atoms with van der Waals surface area (Å²) in [4.78, 5) is 40.6. The number of amides is 2. The third-order valence-electron chi connectivity index (χ3n) is 5.32. The Bertz CT molecular complexity index is 746. The molecule has 1 saturated heterocycles. The van der Waals surface area contributed by atoms with E-state index in [1.54, 1.807) is 4.90 Å². The van der Waals surface area contributed by atoms with Crippen LogP contribution >= 0.6 is 15.9 Å². The van der Waals surface area contributed by atoms with Crippen LogP contribution in [-0.2, 0) is 25.5 Å². The van der Waals surface area contributed by atoms with E-state index in [0.29, 0.717) is 38.9 Å². The molecule has 2 aliphatic rings. The number of ether oxygens (including phenoxy) is 2. The Morgan fingerprint density at radius 2 is 1.78 bits per heavy atom. The Balaban J connectivity index is 1.85. The maximum absolute atomic E-state index is 13.3. The van der Waals surface area contributed by atoms with Crippen LogP contribution < -0.4 is 0 Å². The number of halogens is 1. The molecule has 2 amide bonds. The maximum atomic E-state index is 13.3. The van der Waals surface area contributed by atoms with Gasteiger partial charge in [-0.05, 0) is 42.5 Å². The average Bonchev–Trinajstić information content (AvgIpc) is 2.71. The second kappa shape index (κ2) is 8.29. The van der Waals surface area contributed by atoms with E-state index in [-0.39, 0.29) is 17.8 Å². The Kier molecular flexibility index (Phi) is 6.04. The summed E-state index contributed by atoms with van der Waals surface area (Å²) < 4.78 is 10.6. The van der Waals surface area contributed by atoms with E-state index >= 15 is 0 Å². The largest absolute Gasteiger partial charge is 0.469 e. The minimum atomic E-state index is -0.714. The molecule has 0 radical (unpaired) electrons. The quantitative estimate of drug-likeness (QED) is 0.663. The molecule has 146 valence electrons. The van der Waals surface area contributed by atoms with Gasteiger partial charge in [0.25, 0.3) is 0 Å². The number of nitrogens with zero attached hydrogens (tertiary/aromatic N) is 2. The number of likely N-dealkylation sites (tertiary alicyclic amines) is 1. The Hall–Kier alpha value is -2.09. The summed E-state index contributed by atoms with van der Waals surface area (Å²) in [5.74, 6) is -0.545. The summed E-state index contributed by atoms with van der Waals surface area (Å²) in [5.41, 5.74) is 1.88. The maximum Gasteiger partial charge on any atom is 0.410 e. The van der Waals surface area contributed by atoms with Crippen molar-refractivity contribution in [1.29, 1.82) is 0 Å². The summed E-state index contributed by atoms with van der Waals surface area (Å²) >= 11 is 3.46. The van der Waals surface area contributed by atoms with Crippen LogP contribution in [0, 0.1) is 5.92 Å². The lowest BCUT2D eigenvalue weighted by atomic mass is 9.90. The Morgan fingerprint density at radius 1 is 1.07 bits per heavy atom. The van der Waals surface area contributed by atoms with Crippen molar-refractivity contribution >= 4 is 33.9 Å². The van der Waals surface area contributed by atoms with E-state index < -0.39 is 12.1 Å². The van der Waals surface area contributed by atoms with Gasteiger partial charge in [0.1, 0.15) is 6.04 Å². The fourth-order valence-corrected chi connectivity index (χ4v) is 4.22. The topological polar surface area (TPSA) is 76.2 Å². The van der Waals surface area contributed by atoms with Crippen molar-refractivity contribution in [3.63, 3.8) is 0 Å². The molecular weight excluding hydrogens is 416 g/mol. The third kappa shape index (κ3) is 3.95. The molecule has 0 N–H and O–H groups in total. The SMILES string of the molecule is COC(=O)C1CCN(C(=O)C2c3cc(Br)ccc3CCN2C(=O)OC)CC1. The average molecular weight is 439 g/mol. The van der Waals surface area contributed by atoms with Crippen LogP contribution in [0.1, 0.15) is 30.0 Å². The first-order chi connectivity index (χ1) is 13.0. The zero-order chi connectivity index (χ0) is 19.6. The molecule has 1 unspecified atom stereocenters. The molecule has 2 aliphatic heterocycles. The van der Waals surface area contributed by atoms with E-state index in [1.807, 2.05) is 18.2 Å². The van der Waals surface area contributed by atoms with Crippen LogP contribution in [0.4, 0.5) is 4.79 Å². The van der Waals surface area contributed by atoms with Crippen molar-refractivity contribution in [2.75, 3.05) is 33.9 Å². The monoisotopic (exact) mass is 438 g/mol. The molecule has 3 rings (SSSR count). The second-order valence-corrected chi connectivity index (χ2v) is 7.70. The van der Waals surface area contributed by atoms with Gasteiger partial charge in [-0.3, -0.25) is 14.5 Å². The lowest BCUT2D eigenvalue weighted by Crippen LogP contribution is -2.50. The lowest BCUT2D eigenvalue weighted by Gasteiger charge is -2.40. The third-order valence-corrected chi connectivity index (χ3v) is 5.81. The summed E-state index contributed by atoms with van der Waals surface area (Å²) in [6.07, 6.45) is 1.29. The molecule has 27 heavy (non-hydrogen) atoms. The molecule has 0 spiro atoms. The van der Waals surface area contributed by atoms with Gasteiger partial charge < -0.3 is 14.4 Å². The number of carbonyl (C=O) groups excluding carboxylic acids is 3. The predicted octanol–water partition coefficient (Wildman–Crippen LogP) is 2.53. The molecule has 0 bridgehead atoms. The number of esters is 1. The van der Waals surface area contributed by atoms with E-state index in [4.69, 9.17) is 9.47 Å². The first-order valence-electron chi connectivity index (χ1n) is 8.95. The second-order valence-electron chi connectivity index (χ2n) is 6.78. The van der Waals surface area contributed by atoms with Crippen LogP contribution in [0.5, 0.6) is 0 Å². The Labute approximate surface area is 166 Å². The number of benzene rings is 1. The normalized spacial score (nSPS) is 20.0. The van der Waals surface area contributed by atoms with Gasteiger partial charge in [0.05, 0.1) is 20.1 Å². The first-order valence-corrected chi connectivity index (χ1v) is 9.75. The van der Waals surface area contributed by atoms with E-state index in [0.717, 1.165) is 15.6 Å². The van der Waals surface area contributed by atoms with Gasteiger partial charge in [0.15, 0.2) is 0 Å². The number of carbonyl (C=O) groups is 3. The molecule has 1 aromatic carbocycles. The number of hydrogen-bond acceptors (Lipinski definition) is 5. The van der Waals surface area contributed by atoms with Crippen LogP contribution in [0.3, 0.4) is 0 Å². The van der Waals surface area contributed by atoms with Gasteiger partial charge in [0, 0.05) is 24.1 Å². The summed E-state index contributed by atoms with van der Waals surface area (Å²) in [6, 6.07) is 5.11.